The van der Waals surface area contributed by atoms with Crippen LogP contribution in [0.3, 0.4) is 0 Å². The van der Waals surface area contributed by atoms with Crippen LogP contribution in [0.15, 0.2) is 29.2 Å². The lowest BCUT2D eigenvalue weighted by molar-refractivity contribution is -0.384. The van der Waals surface area contributed by atoms with E-state index in [0.29, 0.717) is 40.6 Å². The molecule has 132 valence electrons. The molecule has 0 bridgehead atoms. The molecule has 0 N–H and O–H groups in total. The first-order chi connectivity index (χ1) is 11.9. The fraction of sp³-hybridized carbons (Fsp3) is 0.312. The number of thioether (sulfide) groups is 1. The van der Waals surface area contributed by atoms with Crippen LogP contribution in [0.25, 0.3) is 6.08 Å². The molecule has 1 heterocycles. The second-order valence-electron chi connectivity index (χ2n) is 5.37. The van der Waals surface area contributed by atoms with E-state index in [-0.39, 0.29) is 18.0 Å². The third kappa shape index (κ3) is 5.36. The van der Waals surface area contributed by atoms with Gasteiger partial charge in [-0.2, -0.15) is 0 Å². The molecule has 1 amide bonds. The molecule has 1 aromatic rings. The van der Waals surface area contributed by atoms with Crippen LogP contribution in [0, 0.1) is 10.1 Å². The van der Waals surface area contributed by atoms with Gasteiger partial charge in [0.1, 0.15) is 4.32 Å². The van der Waals surface area contributed by atoms with Crippen LogP contribution in [-0.4, -0.2) is 32.6 Å². The molecule has 1 fully saturated rings. The SMILES string of the molecule is O=C([O-])CCCCCN1C(=O)/C(=C\c2cccc([N+](=O)[O-])c2)SC1=S. The zero-order chi connectivity index (χ0) is 18.4. The molecule has 9 heteroatoms. The zero-order valence-electron chi connectivity index (χ0n) is 13.2. The Morgan fingerprint density at radius 1 is 1.32 bits per heavy atom. The summed E-state index contributed by atoms with van der Waals surface area (Å²) in [4.78, 5) is 35.0. The van der Waals surface area contributed by atoms with Crippen LogP contribution in [0.1, 0.15) is 31.2 Å². The average Bonchev–Trinajstić information content (AvgIpc) is 2.81. The van der Waals surface area contributed by atoms with E-state index in [1.807, 2.05) is 0 Å². The van der Waals surface area contributed by atoms with E-state index < -0.39 is 10.9 Å². The topological polar surface area (TPSA) is 104 Å². The van der Waals surface area contributed by atoms with Crippen LogP contribution in [-0.2, 0) is 9.59 Å². The summed E-state index contributed by atoms with van der Waals surface area (Å²) >= 11 is 6.37. The van der Waals surface area contributed by atoms with Crippen LogP contribution in [0.4, 0.5) is 5.69 Å². The van der Waals surface area contributed by atoms with Gasteiger partial charge in [0.2, 0.25) is 0 Å². The van der Waals surface area contributed by atoms with Crippen molar-refractivity contribution in [2.24, 2.45) is 0 Å². The number of hydrogen-bond acceptors (Lipinski definition) is 7. The number of unbranched alkanes of at least 4 members (excludes halogenated alkanes) is 2. The van der Waals surface area contributed by atoms with E-state index in [2.05, 4.69) is 0 Å². The first kappa shape index (κ1) is 19.1. The lowest BCUT2D eigenvalue weighted by Crippen LogP contribution is -2.29. The number of hydrogen-bond donors (Lipinski definition) is 0. The van der Waals surface area contributed by atoms with E-state index >= 15 is 0 Å². The summed E-state index contributed by atoms with van der Waals surface area (Å²) < 4.78 is 0.432. The molecule has 1 aliphatic rings. The fourth-order valence-electron chi connectivity index (χ4n) is 2.29. The summed E-state index contributed by atoms with van der Waals surface area (Å²) in [7, 11) is 0. The van der Waals surface area contributed by atoms with Gasteiger partial charge in [-0.1, -0.05) is 42.5 Å². The number of carbonyl (C=O) groups excluding carboxylic acids is 2. The van der Waals surface area contributed by atoms with Gasteiger partial charge in [-0.05, 0) is 30.9 Å². The van der Waals surface area contributed by atoms with Crippen molar-refractivity contribution in [3.63, 3.8) is 0 Å². The van der Waals surface area contributed by atoms with Crippen molar-refractivity contribution in [2.75, 3.05) is 6.54 Å². The second-order valence-corrected chi connectivity index (χ2v) is 7.04. The molecule has 0 radical (unpaired) electrons. The van der Waals surface area contributed by atoms with Crippen LogP contribution in [0.2, 0.25) is 0 Å². The zero-order valence-corrected chi connectivity index (χ0v) is 14.8. The molecule has 0 unspecified atom stereocenters. The number of nitro groups is 1. The van der Waals surface area contributed by atoms with E-state index in [0.717, 1.165) is 11.8 Å². The maximum Gasteiger partial charge on any atom is 0.270 e. The average molecular weight is 379 g/mol. The van der Waals surface area contributed by atoms with E-state index in [4.69, 9.17) is 12.2 Å². The lowest BCUT2D eigenvalue weighted by atomic mass is 10.1. The molecule has 1 saturated heterocycles. The van der Waals surface area contributed by atoms with E-state index in [1.165, 1.54) is 17.0 Å². The van der Waals surface area contributed by atoms with Crippen LogP contribution >= 0.6 is 24.0 Å². The molecule has 1 aromatic carbocycles. The number of non-ortho nitro benzene ring substituents is 1. The first-order valence-corrected chi connectivity index (χ1v) is 8.80. The third-order valence-electron chi connectivity index (χ3n) is 3.52. The number of nitro benzene ring substituents is 1. The highest BCUT2D eigenvalue weighted by atomic mass is 32.2. The molecule has 7 nitrogen and oxygen atoms in total. The van der Waals surface area contributed by atoms with Gasteiger partial charge in [0.05, 0.1) is 9.83 Å². The Kier molecular flexibility index (Phi) is 6.65. The molecule has 0 saturated carbocycles. The summed E-state index contributed by atoms with van der Waals surface area (Å²) in [5.41, 5.74) is 0.515. The van der Waals surface area contributed by atoms with Gasteiger partial charge in [-0.15, -0.1) is 0 Å². The van der Waals surface area contributed by atoms with Crippen molar-refractivity contribution in [3.8, 4) is 0 Å². The number of carboxylic acid groups (broad SMARTS) is 1. The van der Waals surface area contributed by atoms with Gasteiger partial charge in [0.15, 0.2) is 0 Å². The Bertz CT molecular complexity index is 748. The highest BCUT2D eigenvalue weighted by Gasteiger charge is 2.31. The van der Waals surface area contributed by atoms with Crippen molar-refractivity contribution in [1.82, 2.24) is 4.90 Å². The minimum atomic E-state index is -1.08. The van der Waals surface area contributed by atoms with Crippen molar-refractivity contribution in [3.05, 3.63) is 44.8 Å². The normalized spacial score (nSPS) is 15.8. The summed E-state index contributed by atoms with van der Waals surface area (Å²) in [6.07, 6.45) is 3.40. The molecule has 0 atom stereocenters. The monoisotopic (exact) mass is 379 g/mol. The number of benzene rings is 1. The Balaban J connectivity index is 1.99. The Morgan fingerprint density at radius 2 is 2.08 bits per heavy atom. The minimum absolute atomic E-state index is 0.00504. The van der Waals surface area contributed by atoms with Crippen LogP contribution in [0.5, 0.6) is 0 Å². The molecule has 25 heavy (non-hydrogen) atoms. The van der Waals surface area contributed by atoms with E-state index in [9.17, 15) is 24.8 Å². The number of rotatable bonds is 8. The Hall–Kier alpha value is -2.26. The number of carboxylic acids is 1. The Morgan fingerprint density at radius 3 is 2.76 bits per heavy atom. The number of nitrogens with zero attached hydrogens (tertiary/aromatic N) is 2. The quantitative estimate of drug-likeness (QED) is 0.224. The van der Waals surface area contributed by atoms with Crippen LogP contribution < -0.4 is 5.11 Å². The summed E-state index contributed by atoms with van der Waals surface area (Å²) in [6, 6.07) is 6.02. The molecule has 1 aliphatic heterocycles. The number of amides is 1. The maximum atomic E-state index is 12.4. The van der Waals surface area contributed by atoms with Gasteiger partial charge in [-0.25, -0.2) is 0 Å². The molecule has 0 aromatic heterocycles. The fourth-order valence-corrected chi connectivity index (χ4v) is 3.60. The third-order valence-corrected chi connectivity index (χ3v) is 4.89. The van der Waals surface area contributed by atoms with Gasteiger partial charge in [-0.3, -0.25) is 19.8 Å². The number of thiocarbonyl (C=S) groups is 1. The predicted octanol–water partition coefficient (Wildman–Crippen LogP) is 2.11. The van der Waals surface area contributed by atoms with Crippen molar-refractivity contribution in [2.45, 2.75) is 25.7 Å². The Labute approximate surface area is 153 Å². The van der Waals surface area contributed by atoms with Crippen molar-refractivity contribution in [1.29, 1.82) is 0 Å². The van der Waals surface area contributed by atoms with E-state index in [1.54, 1.807) is 18.2 Å². The van der Waals surface area contributed by atoms with Gasteiger partial charge in [0, 0.05) is 24.6 Å². The predicted molar refractivity (Wildman–Crippen MR) is 96.5 cm³/mol. The molecular formula is C16H15N2O5S2-. The lowest BCUT2D eigenvalue weighted by Gasteiger charge is -2.14. The largest absolute Gasteiger partial charge is 0.550 e. The number of carbonyl (C=O) groups is 2. The molecular weight excluding hydrogens is 364 g/mol. The summed E-state index contributed by atoms with van der Waals surface area (Å²) in [5.74, 6) is -1.31. The smallest absolute Gasteiger partial charge is 0.270 e. The van der Waals surface area contributed by atoms with Gasteiger partial charge >= 0.3 is 0 Å². The summed E-state index contributed by atoms with van der Waals surface area (Å²) in [6.45, 7) is 0.421. The van der Waals surface area contributed by atoms with Gasteiger partial charge < -0.3 is 9.90 Å². The number of aliphatic carboxylic acids is 1. The maximum absolute atomic E-state index is 12.4. The standard InChI is InChI=1S/C16H16N2O5S2/c19-14(20)7-2-1-3-8-17-15(21)13(25-16(17)24)10-11-5-4-6-12(9-11)18(22)23/h4-6,9-10H,1-3,7-8H2,(H,19,20)/p-1/b13-10+. The van der Waals surface area contributed by atoms with Gasteiger partial charge in [0.25, 0.3) is 11.6 Å². The second kappa shape index (κ2) is 8.72. The first-order valence-electron chi connectivity index (χ1n) is 7.58. The molecule has 2 rings (SSSR count). The summed E-state index contributed by atoms with van der Waals surface area (Å²) in [5, 5.41) is 21.2. The minimum Gasteiger partial charge on any atom is -0.550 e. The molecule has 0 spiro atoms. The highest BCUT2D eigenvalue weighted by Crippen LogP contribution is 2.33. The molecule has 0 aliphatic carbocycles. The van der Waals surface area contributed by atoms with Crippen molar-refractivity contribution < 1.29 is 19.6 Å². The van der Waals surface area contributed by atoms with Crippen molar-refractivity contribution >= 4 is 51.9 Å². The highest BCUT2D eigenvalue weighted by molar-refractivity contribution is 8.26.